The minimum Gasteiger partial charge on any atom is -0.494 e. The maximum absolute atomic E-state index is 13.3. The van der Waals surface area contributed by atoms with E-state index in [0.717, 1.165) is 0 Å². The predicted molar refractivity (Wildman–Crippen MR) is 52.7 cm³/mol. The van der Waals surface area contributed by atoms with Gasteiger partial charge in [-0.3, -0.25) is 5.10 Å². The van der Waals surface area contributed by atoms with Gasteiger partial charge < -0.3 is 10.5 Å². The third-order valence-electron chi connectivity index (χ3n) is 1.93. The van der Waals surface area contributed by atoms with Crippen molar-refractivity contribution in [1.29, 1.82) is 0 Å². The number of ether oxygens (including phenoxy) is 1. The van der Waals surface area contributed by atoms with E-state index in [1.807, 2.05) is 0 Å². The van der Waals surface area contributed by atoms with Crippen LogP contribution < -0.4 is 10.5 Å². The summed E-state index contributed by atoms with van der Waals surface area (Å²) in [6.45, 7) is 0. The first-order chi connectivity index (χ1) is 7.20. The summed E-state index contributed by atoms with van der Waals surface area (Å²) in [5.74, 6) is 0.284. The van der Waals surface area contributed by atoms with Crippen LogP contribution in [0.3, 0.4) is 0 Å². The predicted octanol–water partition coefficient (Wildman–Crippen LogP) is 1.20. The van der Waals surface area contributed by atoms with Gasteiger partial charge in [0.2, 0.25) is 5.95 Å². The fourth-order valence-electron chi connectivity index (χ4n) is 1.22. The molecular formula is C9H9FN4O. The molecule has 0 saturated carbocycles. The molecule has 0 radical (unpaired) electrons. The Kier molecular flexibility index (Phi) is 2.24. The summed E-state index contributed by atoms with van der Waals surface area (Å²) >= 11 is 0. The number of aromatic nitrogens is 3. The molecule has 0 bridgehead atoms. The van der Waals surface area contributed by atoms with Crippen molar-refractivity contribution >= 4 is 5.95 Å². The number of nitrogens with two attached hydrogens (primary N) is 1. The number of halogens is 1. The van der Waals surface area contributed by atoms with E-state index in [4.69, 9.17) is 10.5 Å². The molecule has 1 heterocycles. The summed E-state index contributed by atoms with van der Waals surface area (Å²) in [5, 5.41) is 6.25. The van der Waals surface area contributed by atoms with Crippen LogP contribution in [0.25, 0.3) is 11.4 Å². The molecule has 6 heteroatoms. The second kappa shape index (κ2) is 3.56. The highest BCUT2D eigenvalue weighted by Crippen LogP contribution is 2.23. The average molecular weight is 208 g/mol. The molecule has 1 aromatic heterocycles. The second-order valence-electron chi connectivity index (χ2n) is 2.89. The maximum atomic E-state index is 13.3. The van der Waals surface area contributed by atoms with Gasteiger partial charge in [0.1, 0.15) is 0 Å². The molecule has 0 aliphatic heterocycles. The van der Waals surface area contributed by atoms with Gasteiger partial charge in [0.25, 0.3) is 0 Å². The number of nitrogens with zero attached hydrogens (tertiary/aromatic N) is 2. The number of nitrogen functional groups attached to an aromatic ring is 1. The van der Waals surface area contributed by atoms with Gasteiger partial charge in [-0.05, 0) is 18.2 Å². The van der Waals surface area contributed by atoms with Gasteiger partial charge >= 0.3 is 0 Å². The highest BCUT2D eigenvalue weighted by atomic mass is 19.1. The molecule has 1 aromatic carbocycles. The van der Waals surface area contributed by atoms with Crippen LogP contribution in [-0.4, -0.2) is 22.3 Å². The van der Waals surface area contributed by atoms with Crippen molar-refractivity contribution in [1.82, 2.24) is 15.2 Å². The van der Waals surface area contributed by atoms with E-state index in [-0.39, 0.29) is 11.7 Å². The van der Waals surface area contributed by atoms with Gasteiger partial charge in [-0.25, -0.2) is 4.39 Å². The molecule has 5 nitrogen and oxygen atoms in total. The molecule has 0 aliphatic carbocycles. The van der Waals surface area contributed by atoms with Crippen molar-refractivity contribution in [2.45, 2.75) is 0 Å². The fourth-order valence-corrected chi connectivity index (χ4v) is 1.22. The topological polar surface area (TPSA) is 76.8 Å². The molecule has 78 valence electrons. The van der Waals surface area contributed by atoms with Gasteiger partial charge in [0, 0.05) is 5.56 Å². The van der Waals surface area contributed by atoms with E-state index in [0.29, 0.717) is 11.4 Å². The van der Waals surface area contributed by atoms with Crippen LogP contribution in [0.4, 0.5) is 10.3 Å². The summed E-state index contributed by atoms with van der Waals surface area (Å²) in [6, 6.07) is 4.49. The van der Waals surface area contributed by atoms with E-state index in [1.165, 1.54) is 19.2 Å². The summed E-state index contributed by atoms with van der Waals surface area (Å²) in [4.78, 5) is 3.88. The number of anilines is 1. The zero-order chi connectivity index (χ0) is 10.8. The van der Waals surface area contributed by atoms with Crippen LogP contribution in [-0.2, 0) is 0 Å². The zero-order valence-corrected chi connectivity index (χ0v) is 7.99. The van der Waals surface area contributed by atoms with Crippen LogP contribution in [0, 0.1) is 5.82 Å². The number of benzene rings is 1. The molecule has 0 saturated heterocycles. The van der Waals surface area contributed by atoms with Crippen molar-refractivity contribution in [3.05, 3.63) is 24.0 Å². The van der Waals surface area contributed by atoms with E-state index < -0.39 is 5.82 Å². The van der Waals surface area contributed by atoms with E-state index in [9.17, 15) is 4.39 Å². The Hall–Kier alpha value is -2.11. The molecular weight excluding hydrogens is 199 g/mol. The standard InChI is InChI=1S/C9H9FN4O/c1-15-7-3-2-5(4-6(7)10)8-12-9(11)14-13-8/h2-4H,1H3,(H3,11,12,13,14). The summed E-state index contributed by atoms with van der Waals surface area (Å²) in [6.07, 6.45) is 0. The number of aromatic amines is 1. The molecule has 0 unspecified atom stereocenters. The Morgan fingerprint density at radius 2 is 2.27 bits per heavy atom. The summed E-state index contributed by atoms with van der Waals surface area (Å²) < 4.78 is 18.1. The van der Waals surface area contributed by atoms with Crippen LogP contribution in [0.5, 0.6) is 5.75 Å². The molecule has 0 amide bonds. The molecule has 2 rings (SSSR count). The van der Waals surface area contributed by atoms with Crippen LogP contribution in [0.15, 0.2) is 18.2 Å². The Balaban J connectivity index is 2.42. The third-order valence-corrected chi connectivity index (χ3v) is 1.93. The third kappa shape index (κ3) is 1.74. The number of methoxy groups -OCH3 is 1. The molecule has 0 spiro atoms. The minimum atomic E-state index is -0.454. The highest BCUT2D eigenvalue weighted by molar-refractivity contribution is 5.57. The lowest BCUT2D eigenvalue weighted by Gasteiger charge is -2.02. The number of rotatable bonds is 2. The Morgan fingerprint density at radius 3 is 2.80 bits per heavy atom. The first-order valence-corrected chi connectivity index (χ1v) is 4.22. The SMILES string of the molecule is COc1ccc(-c2nc(N)n[nH]2)cc1F. The maximum Gasteiger partial charge on any atom is 0.239 e. The van der Waals surface area contributed by atoms with Gasteiger partial charge in [0.15, 0.2) is 17.4 Å². The lowest BCUT2D eigenvalue weighted by molar-refractivity contribution is 0.386. The van der Waals surface area contributed by atoms with E-state index >= 15 is 0 Å². The number of nitrogens with one attached hydrogen (secondary N) is 1. The van der Waals surface area contributed by atoms with Crippen molar-refractivity contribution in [2.24, 2.45) is 0 Å². The fraction of sp³-hybridized carbons (Fsp3) is 0.111. The molecule has 0 atom stereocenters. The highest BCUT2D eigenvalue weighted by Gasteiger charge is 2.07. The summed E-state index contributed by atoms with van der Waals surface area (Å²) in [7, 11) is 1.41. The van der Waals surface area contributed by atoms with Crippen molar-refractivity contribution in [3.63, 3.8) is 0 Å². The first-order valence-electron chi connectivity index (χ1n) is 4.22. The van der Waals surface area contributed by atoms with Crippen molar-refractivity contribution < 1.29 is 9.13 Å². The van der Waals surface area contributed by atoms with Crippen LogP contribution in [0.1, 0.15) is 0 Å². The van der Waals surface area contributed by atoms with Gasteiger partial charge in [-0.15, -0.1) is 5.10 Å². The van der Waals surface area contributed by atoms with Gasteiger partial charge in [-0.2, -0.15) is 4.98 Å². The smallest absolute Gasteiger partial charge is 0.239 e. The minimum absolute atomic E-state index is 0.126. The van der Waals surface area contributed by atoms with E-state index in [1.54, 1.807) is 6.07 Å². The molecule has 3 N–H and O–H groups in total. The number of hydrogen-bond acceptors (Lipinski definition) is 4. The Labute approximate surface area is 85.1 Å². The molecule has 0 fully saturated rings. The number of hydrogen-bond donors (Lipinski definition) is 2. The van der Waals surface area contributed by atoms with Crippen LogP contribution in [0.2, 0.25) is 0 Å². The average Bonchev–Trinajstić information content (AvgIpc) is 2.65. The van der Waals surface area contributed by atoms with Crippen LogP contribution >= 0.6 is 0 Å². The quantitative estimate of drug-likeness (QED) is 0.777. The first kappa shape index (κ1) is 9.45. The van der Waals surface area contributed by atoms with Gasteiger partial charge in [-0.1, -0.05) is 0 Å². The van der Waals surface area contributed by atoms with Crippen molar-refractivity contribution in [3.8, 4) is 17.1 Å². The van der Waals surface area contributed by atoms with E-state index in [2.05, 4.69) is 15.2 Å². The Bertz CT molecular complexity index is 483. The zero-order valence-electron chi connectivity index (χ0n) is 7.99. The molecule has 2 aromatic rings. The largest absolute Gasteiger partial charge is 0.494 e. The lowest BCUT2D eigenvalue weighted by Crippen LogP contribution is -1.89. The van der Waals surface area contributed by atoms with Gasteiger partial charge in [0.05, 0.1) is 7.11 Å². The monoisotopic (exact) mass is 208 g/mol. The molecule has 15 heavy (non-hydrogen) atoms. The van der Waals surface area contributed by atoms with Crippen molar-refractivity contribution in [2.75, 3.05) is 12.8 Å². The number of H-pyrrole nitrogens is 1. The molecule has 0 aliphatic rings. The normalized spacial score (nSPS) is 10.3. The lowest BCUT2D eigenvalue weighted by atomic mass is 10.2. The second-order valence-corrected chi connectivity index (χ2v) is 2.89. The Morgan fingerprint density at radius 1 is 1.47 bits per heavy atom. The summed E-state index contributed by atoms with van der Waals surface area (Å²) in [5.41, 5.74) is 5.91.